The minimum Gasteiger partial charge on any atom is -0.398 e. The number of carbonyl (C=O) groups excluding carboxylic acids is 2. The van der Waals surface area contributed by atoms with Crippen molar-refractivity contribution in [3.63, 3.8) is 0 Å². The lowest BCUT2D eigenvalue weighted by Crippen LogP contribution is -2.55. The summed E-state index contributed by atoms with van der Waals surface area (Å²) in [5.41, 5.74) is 6.45. The largest absolute Gasteiger partial charge is 0.398 e. The minimum atomic E-state index is -0.642. The molecule has 0 spiro atoms. The van der Waals surface area contributed by atoms with Crippen molar-refractivity contribution in [2.45, 2.75) is 6.04 Å². The van der Waals surface area contributed by atoms with Gasteiger partial charge in [-0.2, -0.15) is 0 Å². The second-order valence-electron chi connectivity index (χ2n) is 4.44. The normalized spacial score (nSPS) is 18.7. The van der Waals surface area contributed by atoms with E-state index in [0.717, 1.165) is 0 Å². The third-order valence-electron chi connectivity index (χ3n) is 3.18. The van der Waals surface area contributed by atoms with E-state index in [0.29, 0.717) is 29.4 Å². The molecule has 2 amide bonds. The highest BCUT2D eigenvalue weighted by Gasteiger charge is 2.33. The predicted octanol–water partition coefficient (Wildman–Crippen LogP) is 0.509. The molecule has 108 valence electrons. The number of halogens is 1. The molecule has 1 unspecified atom stereocenters. The topological polar surface area (TPSA) is 84.7 Å². The van der Waals surface area contributed by atoms with Crippen LogP contribution in [0.15, 0.2) is 18.2 Å². The molecule has 0 saturated carbocycles. The van der Waals surface area contributed by atoms with Crippen molar-refractivity contribution in [1.82, 2.24) is 10.2 Å². The highest BCUT2D eigenvalue weighted by atomic mass is 35.5. The summed E-state index contributed by atoms with van der Waals surface area (Å²) in [7, 11) is 1.52. The molecule has 1 atom stereocenters. The fraction of sp³-hybridized carbons (Fsp3) is 0.385. The van der Waals surface area contributed by atoms with Crippen LogP contribution in [0.2, 0.25) is 5.02 Å². The van der Waals surface area contributed by atoms with Gasteiger partial charge in [0.25, 0.3) is 5.91 Å². The van der Waals surface area contributed by atoms with Crippen LogP contribution in [0.5, 0.6) is 0 Å². The van der Waals surface area contributed by atoms with E-state index in [-0.39, 0.29) is 18.4 Å². The first-order valence-corrected chi connectivity index (χ1v) is 6.57. The number of amides is 2. The van der Waals surface area contributed by atoms with Gasteiger partial charge in [-0.15, -0.1) is 0 Å². The molecule has 20 heavy (non-hydrogen) atoms. The second kappa shape index (κ2) is 6.11. The molecule has 1 aromatic carbocycles. The number of hydrogen-bond donors (Lipinski definition) is 2. The Morgan fingerprint density at radius 3 is 2.90 bits per heavy atom. The highest BCUT2D eigenvalue weighted by Crippen LogP contribution is 2.21. The van der Waals surface area contributed by atoms with Crippen molar-refractivity contribution in [2.24, 2.45) is 0 Å². The number of nitrogen functional groups attached to an aromatic ring is 1. The van der Waals surface area contributed by atoms with E-state index in [1.165, 1.54) is 18.0 Å². The van der Waals surface area contributed by atoms with E-state index in [2.05, 4.69) is 5.32 Å². The molecule has 1 aromatic rings. The van der Waals surface area contributed by atoms with Gasteiger partial charge in [-0.1, -0.05) is 11.6 Å². The maximum absolute atomic E-state index is 12.5. The summed E-state index contributed by atoms with van der Waals surface area (Å²) in [5.74, 6) is -0.554. The van der Waals surface area contributed by atoms with Crippen molar-refractivity contribution in [3.05, 3.63) is 28.8 Å². The highest BCUT2D eigenvalue weighted by molar-refractivity contribution is 6.31. The Labute approximate surface area is 121 Å². The third-order valence-corrected chi connectivity index (χ3v) is 3.42. The SMILES string of the molecule is CNC(=O)C1COCCN1C(=O)c1ccc(Cl)cc1N. The lowest BCUT2D eigenvalue weighted by molar-refractivity contribution is -0.130. The molecule has 1 heterocycles. The number of morpholine rings is 1. The summed E-state index contributed by atoms with van der Waals surface area (Å²) in [6.45, 7) is 0.921. The van der Waals surface area contributed by atoms with Crippen LogP contribution in [-0.2, 0) is 9.53 Å². The molecular weight excluding hydrogens is 282 g/mol. The summed E-state index contributed by atoms with van der Waals surface area (Å²) in [6, 6.07) is 4.04. The molecule has 1 aliphatic heterocycles. The minimum absolute atomic E-state index is 0.179. The first-order chi connectivity index (χ1) is 9.54. The van der Waals surface area contributed by atoms with Gasteiger partial charge in [0.2, 0.25) is 5.91 Å². The Kier molecular flexibility index (Phi) is 4.46. The molecule has 0 radical (unpaired) electrons. The van der Waals surface area contributed by atoms with Crippen molar-refractivity contribution in [1.29, 1.82) is 0 Å². The van der Waals surface area contributed by atoms with Gasteiger partial charge < -0.3 is 20.7 Å². The van der Waals surface area contributed by atoms with Gasteiger partial charge in [0.15, 0.2) is 0 Å². The summed E-state index contributed by atoms with van der Waals surface area (Å²) in [5, 5.41) is 2.99. The van der Waals surface area contributed by atoms with Crippen LogP contribution in [0.4, 0.5) is 5.69 Å². The van der Waals surface area contributed by atoms with E-state index in [4.69, 9.17) is 22.1 Å². The summed E-state index contributed by atoms with van der Waals surface area (Å²) in [4.78, 5) is 25.8. The standard InChI is InChI=1S/C13H16ClN3O3/c1-16-12(18)11-7-20-5-4-17(11)13(19)9-3-2-8(14)6-10(9)15/h2-3,6,11H,4-5,7,15H2,1H3,(H,16,18). The average Bonchev–Trinajstić information content (AvgIpc) is 2.46. The van der Waals surface area contributed by atoms with Crippen LogP contribution in [0.1, 0.15) is 10.4 Å². The fourth-order valence-electron chi connectivity index (χ4n) is 2.11. The zero-order valence-electron chi connectivity index (χ0n) is 11.1. The number of carbonyl (C=O) groups is 2. The van der Waals surface area contributed by atoms with Crippen molar-refractivity contribution >= 4 is 29.1 Å². The van der Waals surface area contributed by atoms with Gasteiger partial charge in [-0.25, -0.2) is 0 Å². The smallest absolute Gasteiger partial charge is 0.256 e. The van der Waals surface area contributed by atoms with Crippen molar-refractivity contribution in [2.75, 3.05) is 32.5 Å². The van der Waals surface area contributed by atoms with Gasteiger partial charge in [0.05, 0.1) is 18.8 Å². The number of likely N-dealkylation sites (N-methyl/N-ethyl adjacent to an activating group) is 1. The van der Waals surface area contributed by atoms with E-state index in [9.17, 15) is 9.59 Å². The van der Waals surface area contributed by atoms with Gasteiger partial charge in [-0.3, -0.25) is 9.59 Å². The maximum atomic E-state index is 12.5. The third kappa shape index (κ3) is 2.86. The Bertz CT molecular complexity index is 536. The van der Waals surface area contributed by atoms with Crippen LogP contribution in [0.25, 0.3) is 0 Å². The summed E-state index contributed by atoms with van der Waals surface area (Å²) < 4.78 is 5.26. The number of anilines is 1. The zero-order chi connectivity index (χ0) is 14.7. The van der Waals surface area contributed by atoms with Gasteiger partial charge in [0, 0.05) is 24.3 Å². The van der Waals surface area contributed by atoms with E-state index < -0.39 is 6.04 Å². The molecule has 1 saturated heterocycles. The summed E-state index contributed by atoms with van der Waals surface area (Å²) >= 11 is 5.82. The monoisotopic (exact) mass is 297 g/mol. The number of ether oxygens (including phenoxy) is 1. The molecule has 3 N–H and O–H groups in total. The van der Waals surface area contributed by atoms with Gasteiger partial charge >= 0.3 is 0 Å². The quantitative estimate of drug-likeness (QED) is 0.779. The fourth-order valence-corrected chi connectivity index (χ4v) is 2.29. The lowest BCUT2D eigenvalue weighted by Gasteiger charge is -2.34. The van der Waals surface area contributed by atoms with Crippen LogP contribution in [0, 0.1) is 0 Å². The van der Waals surface area contributed by atoms with Gasteiger partial charge in [-0.05, 0) is 18.2 Å². The molecule has 1 fully saturated rings. The predicted molar refractivity (Wildman–Crippen MR) is 75.6 cm³/mol. The van der Waals surface area contributed by atoms with Crippen molar-refractivity contribution < 1.29 is 14.3 Å². The second-order valence-corrected chi connectivity index (χ2v) is 4.87. The van der Waals surface area contributed by atoms with Crippen LogP contribution in [-0.4, -0.2) is 49.6 Å². The Balaban J connectivity index is 2.27. The number of benzene rings is 1. The van der Waals surface area contributed by atoms with E-state index in [1.807, 2.05) is 0 Å². The van der Waals surface area contributed by atoms with Crippen LogP contribution in [0.3, 0.4) is 0 Å². The van der Waals surface area contributed by atoms with Gasteiger partial charge in [0.1, 0.15) is 6.04 Å². The lowest BCUT2D eigenvalue weighted by atomic mass is 10.1. The molecule has 6 nitrogen and oxygen atoms in total. The number of nitrogens with two attached hydrogens (primary N) is 1. The molecule has 7 heteroatoms. The zero-order valence-corrected chi connectivity index (χ0v) is 11.8. The number of hydrogen-bond acceptors (Lipinski definition) is 4. The molecule has 0 bridgehead atoms. The van der Waals surface area contributed by atoms with Crippen LogP contribution >= 0.6 is 11.6 Å². The van der Waals surface area contributed by atoms with E-state index in [1.54, 1.807) is 12.1 Å². The molecule has 0 aliphatic carbocycles. The summed E-state index contributed by atoms with van der Waals surface area (Å²) in [6.07, 6.45) is 0. The molecule has 0 aromatic heterocycles. The average molecular weight is 298 g/mol. The van der Waals surface area contributed by atoms with Crippen molar-refractivity contribution in [3.8, 4) is 0 Å². The number of nitrogens with one attached hydrogen (secondary N) is 1. The Morgan fingerprint density at radius 2 is 2.25 bits per heavy atom. The van der Waals surface area contributed by atoms with E-state index >= 15 is 0 Å². The first-order valence-electron chi connectivity index (χ1n) is 6.20. The van der Waals surface area contributed by atoms with Crippen LogP contribution < -0.4 is 11.1 Å². The Morgan fingerprint density at radius 1 is 1.50 bits per heavy atom. The maximum Gasteiger partial charge on any atom is 0.256 e. The molecule has 2 rings (SSSR count). The first kappa shape index (κ1) is 14.6. The Hall–Kier alpha value is -1.79. The molecular formula is C13H16ClN3O3. The molecule has 1 aliphatic rings. The number of rotatable bonds is 2. The number of nitrogens with zero attached hydrogens (tertiary/aromatic N) is 1.